The number of benzene rings is 1. The Morgan fingerprint density at radius 3 is 2.45 bits per heavy atom. The summed E-state index contributed by atoms with van der Waals surface area (Å²) in [6, 6.07) is 10.1. The lowest BCUT2D eigenvalue weighted by atomic mass is 10.1. The van der Waals surface area contributed by atoms with Gasteiger partial charge in [0.05, 0.1) is 5.69 Å². The van der Waals surface area contributed by atoms with Gasteiger partial charge in [-0.1, -0.05) is 41.7 Å². The van der Waals surface area contributed by atoms with Crippen molar-refractivity contribution in [1.29, 1.82) is 0 Å². The highest BCUT2D eigenvalue weighted by molar-refractivity contribution is 7.17. The van der Waals surface area contributed by atoms with Crippen molar-refractivity contribution < 1.29 is 9.59 Å². The van der Waals surface area contributed by atoms with Gasteiger partial charge >= 0.3 is 0 Å². The fourth-order valence-corrected chi connectivity index (χ4v) is 3.08. The molecule has 1 N–H and O–H groups in total. The molecule has 0 spiro atoms. The lowest BCUT2D eigenvalue weighted by Crippen LogP contribution is -2.22. The molecule has 5 nitrogen and oxygen atoms in total. The summed E-state index contributed by atoms with van der Waals surface area (Å²) in [4.78, 5) is 30.0. The van der Waals surface area contributed by atoms with E-state index < -0.39 is 0 Å². The van der Waals surface area contributed by atoms with Crippen LogP contribution in [-0.4, -0.2) is 35.8 Å². The molecular weight excluding hydrogens is 298 g/mol. The van der Waals surface area contributed by atoms with E-state index in [0.717, 1.165) is 12.1 Å². The molecule has 0 aliphatic heterocycles. The Morgan fingerprint density at radius 1 is 1.18 bits per heavy atom. The second-order valence-corrected chi connectivity index (χ2v) is 6.16. The number of carbonyl (C=O) groups excluding carboxylic acids is 2. The number of hydrogen-bond donors (Lipinski definition) is 1. The van der Waals surface area contributed by atoms with Gasteiger partial charge in [-0.3, -0.25) is 9.59 Å². The van der Waals surface area contributed by atoms with Crippen molar-refractivity contribution in [3.63, 3.8) is 0 Å². The van der Waals surface area contributed by atoms with Crippen molar-refractivity contribution in [1.82, 2.24) is 9.88 Å². The molecule has 22 heavy (non-hydrogen) atoms. The van der Waals surface area contributed by atoms with E-state index in [4.69, 9.17) is 0 Å². The summed E-state index contributed by atoms with van der Waals surface area (Å²) in [6.45, 7) is 1.43. The molecule has 0 aliphatic rings. The van der Waals surface area contributed by atoms with Crippen LogP contribution in [0.2, 0.25) is 0 Å². The maximum absolute atomic E-state index is 12.3. The molecule has 0 atom stereocenters. The molecule has 1 aromatic carbocycles. The maximum atomic E-state index is 12.3. The van der Waals surface area contributed by atoms with Crippen molar-refractivity contribution in [2.24, 2.45) is 0 Å². The zero-order valence-electron chi connectivity index (χ0n) is 12.9. The molecule has 1 aromatic heterocycles. The van der Waals surface area contributed by atoms with E-state index in [9.17, 15) is 9.59 Å². The highest BCUT2D eigenvalue weighted by atomic mass is 32.1. The van der Waals surface area contributed by atoms with Crippen molar-refractivity contribution in [2.45, 2.75) is 19.8 Å². The van der Waals surface area contributed by atoms with Crippen molar-refractivity contribution in [3.8, 4) is 0 Å². The smallest absolute Gasteiger partial charge is 0.265 e. The molecule has 2 rings (SSSR count). The first-order valence-corrected chi connectivity index (χ1v) is 7.82. The third-order valence-electron chi connectivity index (χ3n) is 3.07. The molecule has 0 fully saturated rings. The fraction of sp³-hybridized carbons (Fsp3) is 0.312. The molecule has 0 saturated heterocycles. The Morgan fingerprint density at radius 2 is 1.86 bits per heavy atom. The van der Waals surface area contributed by atoms with Gasteiger partial charge in [0.2, 0.25) is 5.91 Å². The molecule has 6 heteroatoms. The summed E-state index contributed by atoms with van der Waals surface area (Å²) in [7, 11) is 3.42. The van der Waals surface area contributed by atoms with Gasteiger partial charge in [-0.15, -0.1) is 0 Å². The lowest BCUT2D eigenvalue weighted by molar-refractivity contribution is -0.114. The molecule has 0 bridgehead atoms. The Balaban J connectivity index is 2.21. The van der Waals surface area contributed by atoms with E-state index in [1.807, 2.05) is 18.2 Å². The predicted molar refractivity (Wildman–Crippen MR) is 88.3 cm³/mol. The Bertz CT molecular complexity index is 665. The summed E-state index contributed by atoms with van der Waals surface area (Å²) in [5, 5.41) is 3.13. The largest absolute Gasteiger partial charge is 0.344 e. The molecular formula is C16H19N3O2S. The van der Waals surface area contributed by atoms with Crippen LogP contribution in [0.25, 0.3) is 0 Å². The van der Waals surface area contributed by atoms with Crippen LogP contribution in [0.5, 0.6) is 0 Å². The van der Waals surface area contributed by atoms with Crippen molar-refractivity contribution in [3.05, 3.63) is 46.5 Å². The van der Waals surface area contributed by atoms with Crippen LogP contribution < -0.4 is 5.32 Å². The lowest BCUT2D eigenvalue weighted by Gasteiger charge is -2.09. The Labute approximate surface area is 134 Å². The quantitative estimate of drug-likeness (QED) is 0.922. The average molecular weight is 317 g/mol. The van der Waals surface area contributed by atoms with Crippen LogP contribution in [0.15, 0.2) is 30.3 Å². The zero-order chi connectivity index (χ0) is 16.1. The van der Waals surface area contributed by atoms with Gasteiger partial charge in [-0.05, 0) is 18.4 Å². The highest BCUT2D eigenvalue weighted by Gasteiger charge is 2.19. The Kier molecular flexibility index (Phi) is 5.27. The van der Waals surface area contributed by atoms with E-state index >= 15 is 0 Å². The molecule has 2 aromatic rings. The summed E-state index contributed by atoms with van der Waals surface area (Å²) in [5.74, 6) is -0.274. The number of nitrogens with one attached hydrogen (secondary N) is 1. The summed E-state index contributed by atoms with van der Waals surface area (Å²) in [6.07, 6.45) is 1.47. The SMILES string of the molecule is CC(=O)Nc1nc(CCc2ccccc2)c(C(=O)N(C)C)s1. The van der Waals surface area contributed by atoms with Crippen molar-refractivity contribution >= 4 is 28.3 Å². The average Bonchev–Trinajstić information content (AvgIpc) is 2.87. The van der Waals surface area contributed by atoms with Gasteiger partial charge in [-0.25, -0.2) is 4.98 Å². The number of aromatic nitrogens is 1. The minimum atomic E-state index is -0.188. The van der Waals surface area contributed by atoms with Gasteiger partial charge in [0.25, 0.3) is 5.91 Å². The summed E-state index contributed by atoms with van der Waals surface area (Å²) < 4.78 is 0. The first-order chi connectivity index (χ1) is 10.5. The molecule has 0 aliphatic carbocycles. The number of hydrogen-bond acceptors (Lipinski definition) is 4. The van der Waals surface area contributed by atoms with Gasteiger partial charge in [0.1, 0.15) is 4.88 Å². The minimum Gasteiger partial charge on any atom is -0.344 e. The van der Waals surface area contributed by atoms with Crippen LogP contribution in [0.3, 0.4) is 0 Å². The second-order valence-electron chi connectivity index (χ2n) is 5.16. The number of carbonyl (C=O) groups is 2. The van der Waals surface area contributed by atoms with Crippen LogP contribution >= 0.6 is 11.3 Å². The molecule has 0 saturated carbocycles. The topological polar surface area (TPSA) is 62.3 Å². The molecule has 0 unspecified atom stereocenters. The summed E-state index contributed by atoms with van der Waals surface area (Å²) >= 11 is 1.23. The van der Waals surface area contributed by atoms with Gasteiger partial charge in [0, 0.05) is 21.0 Å². The number of nitrogens with zero attached hydrogens (tertiary/aromatic N) is 2. The number of anilines is 1. The van der Waals surface area contributed by atoms with Gasteiger partial charge < -0.3 is 10.2 Å². The van der Waals surface area contributed by atoms with Gasteiger partial charge in [-0.2, -0.15) is 0 Å². The van der Waals surface area contributed by atoms with E-state index in [1.165, 1.54) is 28.7 Å². The van der Waals surface area contributed by atoms with Crippen LogP contribution in [0, 0.1) is 0 Å². The number of amides is 2. The predicted octanol–water partition coefficient (Wildman–Crippen LogP) is 2.59. The Hall–Kier alpha value is -2.21. The second kappa shape index (κ2) is 7.17. The normalized spacial score (nSPS) is 10.3. The monoisotopic (exact) mass is 317 g/mol. The molecule has 0 radical (unpaired) electrons. The van der Waals surface area contributed by atoms with E-state index in [1.54, 1.807) is 14.1 Å². The third kappa shape index (κ3) is 4.14. The van der Waals surface area contributed by atoms with Crippen LogP contribution in [0.4, 0.5) is 5.13 Å². The number of rotatable bonds is 5. The molecule has 2 amide bonds. The standard InChI is InChI=1S/C16H19N3O2S/c1-11(20)17-16-18-13(14(22-16)15(21)19(2)3)10-9-12-7-5-4-6-8-12/h4-8H,9-10H2,1-3H3,(H,17,18,20). The van der Waals surface area contributed by atoms with E-state index in [0.29, 0.717) is 16.4 Å². The number of thiazole rings is 1. The first kappa shape index (κ1) is 16.2. The first-order valence-electron chi connectivity index (χ1n) is 7.00. The minimum absolute atomic E-state index is 0.0860. The molecule has 1 heterocycles. The fourth-order valence-electron chi connectivity index (χ4n) is 2.00. The van der Waals surface area contributed by atoms with E-state index in [2.05, 4.69) is 22.4 Å². The van der Waals surface area contributed by atoms with Gasteiger partial charge in [0.15, 0.2) is 5.13 Å². The number of aryl methyl sites for hydroxylation is 2. The zero-order valence-corrected chi connectivity index (χ0v) is 13.7. The molecule has 116 valence electrons. The maximum Gasteiger partial charge on any atom is 0.265 e. The summed E-state index contributed by atoms with van der Waals surface area (Å²) in [5.41, 5.74) is 1.93. The van der Waals surface area contributed by atoms with Crippen molar-refractivity contribution in [2.75, 3.05) is 19.4 Å². The van der Waals surface area contributed by atoms with Crippen LogP contribution in [-0.2, 0) is 17.6 Å². The third-order valence-corrected chi connectivity index (χ3v) is 4.08. The van der Waals surface area contributed by atoms with E-state index in [-0.39, 0.29) is 11.8 Å². The highest BCUT2D eigenvalue weighted by Crippen LogP contribution is 2.25. The van der Waals surface area contributed by atoms with Crippen LogP contribution in [0.1, 0.15) is 27.9 Å².